The Balaban J connectivity index is 1.93. The maximum Gasteiger partial charge on any atom is 0.303 e. The van der Waals surface area contributed by atoms with Gasteiger partial charge >= 0.3 is 5.97 Å². The van der Waals surface area contributed by atoms with E-state index in [1.165, 1.54) is 12.8 Å². The second-order valence-corrected chi connectivity index (χ2v) is 6.10. The molecule has 22 heavy (non-hydrogen) atoms. The van der Waals surface area contributed by atoms with Crippen LogP contribution in [0.2, 0.25) is 0 Å². The Bertz CT molecular complexity index is 362. The molecule has 1 saturated heterocycles. The Morgan fingerprint density at radius 2 is 1.77 bits per heavy atom. The lowest BCUT2D eigenvalue weighted by Gasteiger charge is -1.98. The number of rotatable bonds is 14. The number of epoxide rings is 1. The Morgan fingerprint density at radius 3 is 2.50 bits per heavy atom. The van der Waals surface area contributed by atoms with E-state index in [2.05, 4.69) is 6.92 Å². The van der Waals surface area contributed by atoms with Crippen LogP contribution in [0.4, 0.5) is 0 Å². The van der Waals surface area contributed by atoms with Crippen molar-refractivity contribution < 1.29 is 19.4 Å². The maximum absolute atomic E-state index is 11.8. The van der Waals surface area contributed by atoms with Crippen molar-refractivity contribution in [3.63, 3.8) is 0 Å². The van der Waals surface area contributed by atoms with Gasteiger partial charge in [-0.25, -0.2) is 0 Å². The lowest BCUT2D eigenvalue weighted by atomic mass is 10.1. The number of hydrogen-bond acceptors (Lipinski definition) is 3. The maximum atomic E-state index is 11.8. The van der Waals surface area contributed by atoms with Crippen LogP contribution in [0.1, 0.15) is 77.6 Å². The van der Waals surface area contributed by atoms with E-state index in [1.54, 1.807) is 6.08 Å². The number of carbonyl (C=O) groups is 2. The zero-order valence-electron chi connectivity index (χ0n) is 13.8. The molecule has 2 atom stereocenters. The lowest BCUT2D eigenvalue weighted by Crippen LogP contribution is -2.06. The largest absolute Gasteiger partial charge is 0.481 e. The zero-order chi connectivity index (χ0) is 16.2. The average Bonchev–Trinajstić information content (AvgIpc) is 3.25. The number of hydrogen-bond donors (Lipinski definition) is 1. The predicted octanol–water partition coefficient (Wildman–Crippen LogP) is 4.27. The zero-order valence-corrected chi connectivity index (χ0v) is 13.8. The summed E-state index contributed by atoms with van der Waals surface area (Å²) in [6.45, 7) is 2.17. The Morgan fingerprint density at radius 1 is 1.05 bits per heavy atom. The molecule has 0 bridgehead atoms. The molecule has 0 radical (unpaired) electrons. The molecule has 0 aromatic rings. The Kier molecular flexibility index (Phi) is 9.80. The molecule has 1 aliphatic rings. The second-order valence-electron chi connectivity index (χ2n) is 6.10. The summed E-state index contributed by atoms with van der Waals surface area (Å²) in [6, 6.07) is 0. The number of carboxylic acids is 1. The summed E-state index contributed by atoms with van der Waals surface area (Å²) >= 11 is 0. The molecule has 0 spiro atoms. The summed E-state index contributed by atoms with van der Waals surface area (Å²) in [4.78, 5) is 22.2. The van der Waals surface area contributed by atoms with E-state index in [1.807, 2.05) is 6.08 Å². The minimum absolute atomic E-state index is 0.114. The predicted molar refractivity (Wildman–Crippen MR) is 86.9 cm³/mol. The van der Waals surface area contributed by atoms with Crippen LogP contribution in [0.25, 0.3) is 0 Å². The van der Waals surface area contributed by atoms with Gasteiger partial charge in [0.2, 0.25) is 0 Å². The van der Waals surface area contributed by atoms with E-state index in [9.17, 15) is 9.59 Å². The number of ether oxygens (including phenoxy) is 1. The van der Waals surface area contributed by atoms with Gasteiger partial charge in [-0.2, -0.15) is 0 Å². The molecule has 4 nitrogen and oxygen atoms in total. The van der Waals surface area contributed by atoms with Gasteiger partial charge in [0.15, 0.2) is 5.78 Å². The van der Waals surface area contributed by atoms with Gasteiger partial charge in [-0.1, -0.05) is 51.5 Å². The fraction of sp³-hybridized carbons (Fsp3) is 0.778. The topological polar surface area (TPSA) is 66.9 Å². The highest BCUT2D eigenvalue weighted by Gasteiger charge is 2.42. The van der Waals surface area contributed by atoms with Crippen molar-refractivity contribution in [2.24, 2.45) is 0 Å². The molecule has 0 amide bonds. The molecule has 0 unspecified atom stereocenters. The third-order valence-electron chi connectivity index (χ3n) is 4.00. The van der Waals surface area contributed by atoms with Crippen LogP contribution in [0.15, 0.2) is 12.2 Å². The molecule has 1 aliphatic heterocycles. The number of aliphatic carboxylic acids is 1. The van der Waals surface area contributed by atoms with E-state index in [0.29, 0.717) is 0 Å². The van der Waals surface area contributed by atoms with E-state index in [4.69, 9.17) is 9.84 Å². The highest BCUT2D eigenvalue weighted by Crippen LogP contribution is 2.28. The van der Waals surface area contributed by atoms with Gasteiger partial charge in [0, 0.05) is 6.42 Å². The summed E-state index contributed by atoms with van der Waals surface area (Å²) in [6.07, 6.45) is 14.3. The monoisotopic (exact) mass is 310 g/mol. The lowest BCUT2D eigenvalue weighted by molar-refractivity contribution is -0.137. The summed E-state index contributed by atoms with van der Waals surface area (Å²) in [5.74, 6) is -0.598. The number of unbranched alkanes of at least 4 members (excludes halogenated alkanes) is 7. The van der Waals surface area contributed by atoms with Crippen molar-refractivity contribution in [2.45, 2.75) is 89.8 Å². The van der Waals surface area contributed by atoms with Crippen molar-refractivity contribution in [2.75, 3.05) is 0 Å². The van der Waals surface area contributed by atoms with Crippen molar-refractivity contribution in [3.05, 3.63) is 12.2 Å². The van der Waals surface area contributed by atoms with Crippen LogP contribution >= 0.6 is 0 Å². The number of carbonyl (C=O) groups excluding carboxylic acids is 1. The molecule has 0 aliphatic carbocycles. The number of allylic oxidation sites excluding steroid dienone is 1. The summed E-state index contributed by atoms with van der Waals surface area (Å²) in [7, 11) is 0. The van der Waals surface area contributed by atoms with Gasteiger partial charge in [-0.05, 0) is 31.8 Å². The first-order valence-corrected chi connectivity index (χ1v) is 8.72. The van der Waals surface area contributed by atoms with Crippen LogP contribution in [-0.2, 0) is 14.3 Å². The number of carboxylic acid groups (broad SMARTS) is 1. The van der Waals surface area contributed by atoms with Crippen LogP contribution in [0, 0.1) is 0 Å². The molecular weight excluding hydrogens is 280 g/mol. The quantitative estimate of drug-likeness (QED) is 0.295. The molecule has 1 fully saturated rings. The molecule has 0 saturated carbocycles. The fourth-order valence-corrected chi connectivity index (χ4v) is 2.57. The molecule has 0 aromatic carbocycles. The standard InChI is InChI=1S/C18H30O4/c1-2-3-9-13-16-18(22-16)15(19)12-10-7-5-4-6-8-11-14-17(20)21/h10,12,16,18H,2-9,11,13-14H2,1H3,(H,20,21)/b12-10+/t16-,18+/m0/s1. The van der Waals surface area contributed by atoms with Gasteiger partial charge in [0.25, 0.3) is 0 Å². The summed E-state index contributed by atoms with van der Waals surface area (Å²) in [5, 5.41) is 8.52. The highest BCUT2D eigenvalue weighted by molar-refractivity contribution is 5.95. The van der Waals surface area contributed by atoms with E-state index < -0.39 is 5.97 Å². The Hall–Kier alpha value is -1.16. The van der Waals surface area contributed by atoms with Gasteiger partial charge in [-0.15, -0.1) is 0 Å². The Labute approximate surface area is 133 Å². The van der Waals surface area contributed by atoms with Gasteiger partial charge in [0.05, 0.1) is 6.10 Å². The van der Waals surface area contributed by atoms with Crippen molar-refractivity contribution in [1.82, 2.24) is 0 Å². The third-order valence-corrected chi connectivity index (χ3v) is 4.00. The van der Waals surface area contributed by atoms with Crippen LogP contribution < -0.4 is 0 Å². The third kappa shape index (κ3) is 8.98. The van der Waals surface area contributed by atoms with Gasteiger partial charge < -0.3 is 9.84 Å². The molecule has 1 rings (SSSR count). The molecular formula is C18H30O4. The minimum atomic E-state index is -0.711. The minimum Gasteiger partial charge on any atom is -0.481 e. The van der Waals surface area contributed by atoms with Crippen molar-refractivity contribution in [3.8, 4) is 0 Å². The van der Waals surface area contributed by atoms with Crippen LogP contribution in [0.3, 0.4) is 0 Å². The van der Waals surface area contributed by atoms with E-state index in [0.717, 1.165) is 51.4 Å². The van der Waals surface area contributed by atoms with Crippen molar-refractivity contribution >= 4 is 11.8 Å². The first-order chi connectivity index (χ1) is 10.6. The average molecular weight is 310 g/mol. The second kappa shape index (κ2) is 11.4. The fourth-order valence-electron chi connectivity index (χ4n) is 2.57. The molecule has 4 heteroatoms. The SMILES string of the molecule is CCCCC[C@@H]1O[C@@H]1C(=O)/C=C/CCCCCCCC(=O)O. The molecule has 1 N–H and O–H groups in total. The normalized spacial score (nSPS) is 20.4. The molecule has 1 heterocycles. The summed E-state index contributed by atoms with van der Waals surface area (Å²) in [5.41, 5.74) is 0. The van der Waals surface area contributed by atoms with Gasteiger partial charge in [-0.3, -0.25) is 9.59 Å². The smallest absolute Gasteiger partial charge is 0.303 e. The van der Waals surface area contributed by atoms with Crippen LogP contribution in [-0.4, -0.2) is 29.1 Å². The molecule has 0 aromatic heterocycles. The van der Waals surface area contributed by atoms with Crippen molar-refractivity contribution in [1.29, 1.82) is 0 Å². The highest BCUT2D eigenvalue weighted by atomic mass is 16.6. The number of ketones is 1. The summed E-state index contributed by atoms with van der Waals surface area (Å²) < 4.78 is 5.42. The first kappa shape index (κ1) is 18.9. The van der Waals surface area contributed by atoms with Gasteiger partial charge in [0.1, 0.15) is 6.10 Å². The first-order valence-electron chi connectivity index (χ1n) is 8.72. The molecule has 126 valence electrons. The van der Waals surface area contributed by atoms with E-state index >= 15 is 0 Å². The van der Waals surface area contributed by atoms with Crippen LogP contribution in [0.5, 0.6) is 0 Å². The van der Waals surface area contributed by atoms with E-state index in [-0.39, 0.29) is 24.4 Å².